The average Bonchev–Trinajstić information content (AvgIpc) is 2.49. The number of ether oxygens (including phenoxy) is 2. The van der Waals surface area contributed by atoms with Crippen LogP contribution in [0.4, 0.5) is 0 Å². The predicted molar refractivity (Wildman–Crippen MR) is 80.3 cm³/mol. The van der Waals surface area contributed by atoms with Gasteiger partial charge in [-0.2, -0.15) is 0 Å². The highest BCUT2D eigenvalue weighted by Crippen LogP contribution is 2.30. The van der Waals surface area contributed by atoms with Crippen LogP contribution in [0.15, 0.2) is 53.4 Å². The van der Waals surface area contributed by atoms with Crippen LogP contribution < -0.4 is 9.47 Å². The fourth-order valence-corrected chi connectivity index (χ4v) is 2.10. The van der Waals surface area contributed by atoms with Gasteiger partial charge >= 0.3 is 0 Å². The third-order valence-corrected chi connectivity index (χ3v) is 3.31. The lowest BCUT2D eigenvalue weighted by Gasteiger charge is -2.09. The molecule has 4 nitrogen and oxygen atoms in total. The molecular weight excluding hydrogens is 320 g/mol. The van der Waals surface area contributed by atoms with Crippen molar-refractivity contribution in [3.05, 3.63) is 53.4 Å². The van der Waals surface area contributed by atoms with Gasteiger partial charge in [0.15, 0.2) is 0 Å². The van der Waals surface area contributed by atoms with Crippen molar-refractivity contribution in [1.82, 2.24) is 9.97 Å². The van der Waals surface area contributed by atoms with Crippen LogP contribution in [-0.4, -0.2) is 17.1 Å². The summed E-state index contributed by atoms with van der Waals surface area (Å²) in [5, 5.41) is 0.927. The molecule has 0 unspecified atom stereocenters. The Bertz CT molecular complexity index is 744. The van der Waals surface area contributed by atoms with Crippen molar-refractivity contribution in [2.45, 2.75) is 0 Å². The molecule has 3 aromatic rings. The van der Waals surface area contributed by atoms with Crippen molar-refractivity contribution in [2.24, 2.45) is 0 Å². The summed E-state index contributed by atoms with van der Waals surface area (Å²) in [5.74, 6) is 2.19. The molecule has 0 bridgehead atoms. The highest BCUT2D eigenvalue weighted by molar-refractivity contribution is 9.10. The zero-order valence-electron chi connectivity index (χ0n) is 10.7. The molecule has 20 heavy (non-hydrogen) atoms. The first-order chi connectivity index (χ1) is 9.76. The van der Waals surface area contributed by atoms with Gasteiger partial charge in [-0.15, -0.1) is 0 Å². The Balaban J connectivity index is 2.01. The SMILES string of the molecule is COc1ccc2c(Oc3ccc(Br)nc3)ccnc2c1. The minimum absolute atomic E-state index is 0.677. The molecule has 3 rings (SSSR count). The van der Waals surface area contributed by atoms with E-state index in [9.17, 15) is 0 Å². The van der Waals surface area contributed by atoms with Crippen LogP contribution in [0.2, 0.25) is 0 Å². The zero-order chi connectivity index (χ0) is 13.9. The van der Waals surface area contributed by atoms with Crippen molar-refractivity contribution >= 4 is 26.8 Å². The second-order valence-corrected chi connectivity index (χ2v) is 4.92. The van der Waals surface area contributed by atoms with Crippen LogP contribution in [0.5, 0.6) is 17.2 Å². The highest BCUT2D eigenvalue weighted by Gasteiger charge is 2.06. The molecule has 0 spiro atoms. The van der Waals surface area contributed by atoms with Crippen molar-refractivity contribution in [2.75, 3.05) is 7.11 Å². The molecule has 2 aromatic heterocycles. The van der Waals surface area contributed by atoms with Crippen molar-refractivity contribution in [3.8, 4) is 17.2 Å². The Morgan fingerprint density at radius 1 is 1.00 bits per heavy atom. The number of rotatable bonds is 3. The topological polar surface area (TPSA) is 44.2 Å². The van der Waals surface area contributed by atoms with E-state index in [4.69, 9.17) is 9.47 Å². The van der Waals surface area contributed by atoms with Gasteiger partial charge in [0, 0.05) is 17.6 Å². The fraction of sp³-hybridized carbons (Fsp3) is 0.0667. The lowest BCUT2D eigenvalue weighted by atomic mass is 10.2. The molecule has 0 saturated carbocycles. The molecule has 100 valence electrons. The predicted octanol–water partition coefficient (Wildman–Crippen LogP) is 4.19. The second-order valence-electron chi connectivity index (χ2n) is 4.11. The Kier molecular flexibility index (Phi) is 3.52. The van der Waals surface area contributed by atoms with Crippen molar-refractivity contribution in [1.29, 1.82) is 0 Å². The molecule has 0 N–H and O–H groups in total. The molecule has 1 aromatic carbocycles. The maximum Gasteiger partial charge on any atom is 0.145 e. The van der Waals surface area contributed by atoms with Crippen LogP contribution in [-0.2, 0) is 0 Å². The maximum absolute atomic E-state index is 5.86. The van der Waals surface area contributed by atoms with Gasteiger partial charge in [0.05, 0.1) is 18.8 Å². The zero-order valence-corrected chi connectivity index (χ0v) is 12.3. The quantitative estimate of drug-likeness (QED) is 0.675. The first kappa shape index (κ1) is 12.9. The van der Waals surface area contributed by atoms with Crippen LogP contribution in [0.3, 0.4) is 0 Å². The van der Waals surface area contributed by atoms with Gasteiger partial charge in [-0.25, -0.2) is 4.98 Å². The summed E-state index contributed by atoms with van der Waals surface area (Å²) in [4.78, 5) is 8.46. The molecule has 5 heteroatoms. The second kappa shape index (κ2) is 5.46. The van der Waals surface area contributed by atoms with Crippen molar-refractivity contribution < 1.29 is 9.47 Å². The van der Waals surface area contributed by atoms with Gasteiger partial charge in [-0.3, -0.25) is 4.98 Å². The number of nitrogens with zero attached hydrogens (tertiary/aromatic N) is 2. The Labute approximate surface area is 124 Å². The van der Waals surface area contributed by atoms with E-state index >= 15 is 0 Å². The Morgan fingerprint density at radius 3 is 2.60 bits per heavy atom. The first-order valence-electron chi connectivity index (χ1n) is 5.98. The van der Waals surface area contributed by atoms with E-state index in [-0.39, 0.29) is 0 Å². The summed E-state index contributed by atoms with van der Waals surface area (Å²) in [7, 11) is 1.63. The van der Waals surface area contributed by atoms with E-state index in [1.165, 1.54) is 0 Å². The largest absolute Gasteiger partial charge is 0.497 e. The smallest absolute Gasteiger partial charge is 0.145 e. The number of pyridine rings is 2. The van der Waals surface area contributed by atoms with E-state index in [1.54, 1.807) is 19.5 Å². The molecule has 0 amide bonds. The van der Waals surface area contributed by atoms with Gasteiger partial charge in [0.2, 0.25) is 0 Å². The minimum atomic E-state index is 0.677. The van der Waals surface area contributed by atoms with Crippen LogP contribution in [0, 0.1) is 0 Å². The molecule has 0 aliphatic heterocycles. The van der Waals surface area contributed by atoms with Crippen molar-refractivity contribution in [3.63, 3.8) is 0 Å². The third kappa shape index (κ3) is 2.58. The van der Waals surface area contributed by atoms with Gasteiger partial charge in [-0.05, 0) is 46.3 Å². The van der Waals surface area contributed by atoms with E-state index < -0.39 is 0 Å². The monoisotopic (exact) mass is 330 g/mol. The highest BCUT2D eigenvalue weighted by atomic mass is 79.9. The Hall–Kier alpha value is -2.14. The van der Waals surface area contributed by atoms with E-state index in [0.29, 0.717) is 5.75 Å². The minimum Gasteiger partial charge on any atom is -0.497 e. The van der Waals surface area contributed by atoms with Crippen LogP contribution in [0.1, 0.15) is 0 Å². The summed E-state index contributed by atoms with van der Waals surface area (Å²) >= 11 is 3.30. The summed E-state index contributed by atoms with van der Waals surface area (Å²) in [6.07, 6.45) is 3.38. The summed E-state index contributed by atoms with van der Waals surface area (Å²) in [6, 6.07) is 11.2. The number of methoxy groups -OCH3 is 1. The lowest BCUT2D eigenvalue weighted by Crippen LogP contribution is -1.89. The van der Waals surface area contributed by atoms with Gasteiger partial charge in [0.1, 0.15) is 21.9 Å². The number of halogens is 1. The molecule has 0 saturated heterocycles. The summed E-state index contributed by atoms with van der Waals surface area (Å²) in [5.41, 5.74) is 0.826. The number of benzene rings is 1. The molecule has 0 atom stereocenters. The standard InChI is InChI=1S/C15H11BrN2O2/c1-19-10-2-4-12-13(8-10)17-7-6-14(12)20-11-3-5-15(16)18-9-11/h2-9H,1H3. The van der Waals surface area contributed by atoms with E-state index in [0.717, 1.165) is 27.0 Å². The van der Waals surface area contributed by atoms with Gasteiger partial charge in [-0.1, -0.05) is 0 Å². The first-order valence-corrected chi connectivity index (χ1v) is 6.78. The molecule has 0 aliphatic carbocycles. The van der Waals surface area contributed by atoms with E-state index in [2.05, 4.69) is 25.9 Å². The van der Waals surface area contributed by atoms with Gasteiger partial charge < -0.3 is 9.47 Å². The molecule has 0 radical (unpaired) electrons. The lowest BCUT2D eigenvalue weighted by molar-refractivity contribution is 0.415. The molecule has 0 aliphatic rings. The summed E-state index contributed by atoms with van der Waals surface area (Å²) < 4.78 is 11.8. The van der Waals surface area contributed by atoms with Crippen LogP contribution in [0.25, 0.3) is 10.9 Å². The fourth-order valence-electron chi connectivity index (χ4n) is 1.87. The van der Waals surface area contributed by atoms with Gasteiger partial charge in [0.25, 0.3) is 0 Å². The normalized spacial score (nSPS) is 10.5. The summed E-state index contributed by atoms with van der Waals surface area (Å²) in [6.45, 7) is 0. The average molecular weight is 331 g/mol. The number of aromatic nitrogens is 2. The Morgan fingerprint density at radius 2 is 1.85 bits per heavy atom. The number of fused-ring (bicyclic) bond motifs is 1. The van der Waals surface area contributed by atoms with E-state index in [1.807, 2.05) is 36.4 Å². The number of hydrogen-bond acceptors (Lipinski definition) is 4. The molecule has 0 fully saturated rings. The number of hydrogen-bond donors (Lipinski definition) is 0. The maximum atomic E-state index is 5.86. The third-order valence-electron chi connectivity index (χ3n) is 2.84. The van der Waals surface area contributed by atoms with Crippen LogP contribution >= 0.6 is 15.9 Å². The molecular formula is C15H11BrN2O2. The molecule has 2 heterocycles.